The Bertz CT molecular complexity index is 1070. The number of methoxy groups -OCH3 is 1. The van der Waals surface area contributed by atoms with Crippen molar-refractivity contribution in [2.45, 2.75) is 0 Å². The van der Waals surface area contributed by atoms with Crippen molar-refractivity contribution in [2.75, 3.05) is 7.11 Å². The highest BCUT2D eigenvalue weighted by molar-refractivity contribution is 6.10. The summed E-state index contributed by atoms with van der Waals surface area (Å²) in [5.41, 5.74) is 0.680. The van der Waals surface area contributed by atoms with E-state index < -0.39 is 0 Å². The van der Waals surface area contributed by atoms with Gasteiger partial charge in [0.05, 0.1) is 18.7 Å². The van der Waals surface area contributed by atoms with Gasteiger partial charge in [0.2, 0.25) is 0 Å². The first kappa shape index (κ1) is 12.7. The highest BCUT2D eigenvalue weighted by atomic mass is 16.5. The van der Waals surface area contributed by atoms with Crippen molar-refractivity contribution in [2.24, 2.45) is 0 Å². The van der Waals surface area contributed by atoms with E-state index in [9.17, 15) is 0 Å². The van der Waals surface area contributed by atoms with Gasteiger partial charge in [-0.3, -0.25) is 0 Å². The van der Waals surface area contributed by atoms with Crippen molar-refractivity contribution in [1.82, 2.24) is 0 Å². The number of hydrogen-bond acceptors (Lipinski definition) is 2. The molecule has 4 aromatic carbocycles. The van der Waals surface area contributed by atoms with Crippen LogP contribution < -0.4 is 4.74 Å². The zero-order valence-electron chi connectivity index (χ0n) is 12.1. The van der Waals surface area contributed by atoms with Crippen LogP contribution in [0.25, 0.3) is 32.3 Å². The first-order chi connectivity index (χ1) is 10.8. The quantitative estimate of drug-likeness (QED) is 0.459. The summed E-state index contributed by atoms with van der Waals surface area (Å²) >= 11 is 0. The Hall–Kier alpha value is -3.05. The standard InChI is InChI=1S/C20H13NO/c1-22-20-18-5-3-2-4-15(18)9-17-10-16-8-13(12-21)6-7-14(16)11-19(17)20/h2-11H,1H3. The Morgan fingerprint density at radius 2 is 1.59 bits per heavy atom. The minimum absolute atomic E-state index is 0.680. The van der Waals surface area contributed by atoms with Crippen LogP contribution in [0.15, 0.2) is 60.7 Å². The molecule has 2 heteroatoms. The lowest BCUT2D eigenvalue weighted by Gasteiger charge is -2.11. The van der Waals surface area contributed by atoms with Crippen molar-refractivity contribution < 1.29 is 4.74 Å². The van der Waals surface area contributed by atoms with Crippen LogP contribution >= 0.6 is 0 Å². The maximum atomic E-state index is 9.06. The lowest BCUT2D eigenvalue weighted by atomic mass is 9.98. The molecule has 0 spiro atoms. The number of ether oxygens (including phenoxy) is 1. The van der Waals surface area contributed by atoms with Crippen LogP contribution in [-0.4, -0.2) is 7.11 Å². The van der Waals surface area contributed by atoms with Crippen LogP contribution in [0.2, 0.25) is 0 Å². The van der Waals surface area contributed by atoms with Crippen molar-refractivity contribution in [3.63, 3.8) is 0 Å². The summed E-state index contributed by atoms with van der Waals surface area (Å²) in [6, 6.07) is 22.6. The Kier molecular flexibility index (Phi) is 2.74. The molecule has 0 aromatic heterocycles. The molecule has 4 aromatic rings. The maximum absolute atomic E-state index is 9.06. The average Bonchev–Trinajstić information content (AvgIpc) is 2.57. The predicted octanol–water partition coefficient (Wildman–Crippen LogP) is 5.03. The average molecular weight is 283 g/mol. The molecule has 0 saturated carbocycles. The first-order valence-corrected chi connectivity index (χ1v) is 7.13. The fourth-order valence-corrected chi connectivity index (χ4v) is 3.06. The molecule has 22 heavy (non-hydrogen) atoms. The van der Waals surface area contributed by atoms with Crippen LogP contribution in [0.5, 0.6) is 5.75 Å². The summed E-state index contributed by atoms with van der Waals surface area (Å²) in [6.07, 6.45) is 0. The SMILES string of the molecule is COc1c2ccccc2cc2cc3cc(C#N)ccc3cc12. The molecule has 0 fully saturated rings. The van der Waals surface area contributed by atoms with E-state index in [4.69, 9.17) is 10.00 Å². The minimum atomic E-state index is 0.680. The first-order valence-electron chi connectivity index (χ1n) is 7.13. The van der Waals surface area contributed by atoms with Crippen LogP contribution in [0.1, 0.15) is 5.56 Å². The second kappa shape index (κ2) is 4.75. The molecule has 0 bridgehead atoms. The predicted molar refractivity (Wildman–Crippen MR) is 90.2 cm³/mol. The van der Waals surface area contributed by atoms with E-state index in [1.807, 2.05) is 30.3 Å². The van der Waals surface area contributed by atoms with Crippen LogP contribution in [-0.2, 0) is 0 Å². The molecule has 0 unspecified atom stereocenters. The second-order valence-corrected chi connectivity index (χ2v) is 5.38. The molecule has 0 aliphatic heterocycles. The van der Waals surface area contributed by atoms with E-state index in [2.05, 4.69) is 36.4 Å². The number of rotatable bonds is 1. The van der Waals surface area contributed by atoms with Gasteiger partial charge in [-0.1, -0.05) is 30.3 Å². The Labute approximate surface area is 128 Å². The summed E-state index contributed by atoms with van der Waals surface area (Å²) in [6.45, 7) is 0. The van der Waals surface area contributed by atoms with Crippen molar-refractivity contribution >= 4 is 32.3 Å². The summed E-state index contributed by atoms with van der Waals surface area (Å²) in [4.78, 5) is 0. The number of hydrogen-bond donors (Lipinski definition) is 0. The van der Waals surface area contributed by atoms with Crippen LogP contribution in [0.4, 0.5) is 0 Å². The Balaban J connectivity index is 2.18. The smallest absolute Gasteiger partial charge is 0.134 e. The van der Waals surface area contributed by atoms with E-state index >= 15 is 0 Å². The fourth-order valence-electron chi connectivity index (χ4n) is 3.06. The highest BCUT2D eigenvalue weighted by Crippen LogP contribution is 2.36. The van der Waals surface area contributed by atoms with Crippen molar-refractivity contribution in [1.29, 1.82) is 5.26 Å². The van der Waals surface area contributed by atoms with Crippen LogP contribution in [0, 0.1) is 11.3 Å². The number of nitriles is 1. The molecule has 0 aliphatic carbocycles. The molecule has 2 nitrogen and oxygen atoms in total. The normalized spacial score (nSPS) is 10.9. The summed E-state index contributed by atoms with van der Waals surface area (Å²) < 4.78 is 5.68. The molecule has 0 amide bonds. The summed E-state index contributed by atoms with van der Waals surface area (Å²) in [5, 5.41) is 15.7. The topological polar surface area (TPSA) is 33.0 Å². The minimum Gasteiger partial charge on any atom is -0.495 e. The Morgan fingerprint density at radius 1 is 0.773 bits per heavy atom. The third-order valence-electron chi connectivity index (χ3n) is 4.10. The largest absolute Gasteiger partial charge is 0.495 e. The number of benzene rings is 4. The van der Waals surface area contributed by atoms with E-state index in [1.165, 1.54) is 0 Å². The third-order valence-corrected chi connectivity index (χ3v) is 4.10. The van der Waals surface area contributed by atoms with Crippen molar-refractivity contribution in [3.05, 3.63) is 66.2 Å². The van der Waals surface area contributed by atoms with E-state index in [-0.39, 0.29) is 0 Å². The summed E-state index contributed by atoms with van der Waals surface area (Å²) in [7, 11) is 1.71. The van der Waals surface area contributed by atoms with Gasteiger partial charge >= 0.3 is 0 Å². The highest BCUT2D eigenvalue weighted by Gasteiger charge is 2.09. The molecule has 0 atom stereocenters. The van der Waals surface area contributed by atoms with Gasteiger partial charge in [-0.15, -0.1) is 0 Å². The molecular weight excluding hydrogens is 270 g/mol. The van der Waals surface area contributed by atoms with Gasteiger partial charge in [-0.05, 0) is 51.9 Å². The summed E-state index contributed by atoms with van der Waals surface area (Å²) in [5.74, 6) is 0.902. The number of nitrogens with zero attached hydrogens (tertiary/aromatic N) is 1. The van der Waals surface area contributed by atoms with Crippen molar-refractivity contribution in [3.8, 4) is 11.8 Å². The molecule has 0 radical (unpaired) electrons. The van der Waals surface area contributed by atoms with Gasteiger partial charge < -0.3 is 4.74 Å². The lowest BCUT2D eigenvalue weighted by molar-refractivity contribution is 0.424. The van der Waals surface area contributed by atoms with Gasteiger partial charge in [0.1, 0.15) is 5.75 Å². The molecule has 0 saturated heterocycles. The Morgan fingerprint density at radius 3 is 2.41 bits per heavy atom. The zero-order valence-corrected chi connectivity index (χ0v) is 12.1. The van der Waals surface area contributed by atoms with E-state index in [1.54, 1.807) is 7.11 Å². The molecule has 104 valence electrons. The third kappa shape index (κ3) is 1.80. The van der Waals surface area contributed by atoms with Gasteiger partial charge in [0.15, 0.2) is 0 Å². The second-order valence-electron chi connectivity index (χ2n) is 5.38. The molecule has 4 rings (SSSR count). The number of fused-ring (bicyclic) bond motifs is 3. The fraction of sp³-hybridized carbons (Fsp3) is 0.0500. The monoisotopic (exact) mass is 283 g/mol. The maximum Gasteiger partial charge on any atom is 0.134 e. The molecular formula is C20H13NO. The van der Waals surface area contributed by atoms with Crippen LogP contribution in [0.3, 0.4) is 0 Å². The van der Waals surface area contributed by atoms with E-state index in [0.717, 1.165) is 38.1 Å². The van der Waals surface area contributed by atoms with Gasteiger partial charge in [-0.25, -0.2) is 0 Å². The zero-order chi connectivity index (χ0) is 15.1. The molecule has 0 N–H and O–H groups in total. The van der Waals surface area contributed by atoms with Gasteiger partial charge in [0, 0.05) is 10.8 Å². The lowest BCUT2D eigenvalue weighted by Crippen LogP contribution is -1.88. The molecule has 0 aliphatic rings. The van der Waals surface area contributed by atoms with E-state index in [0.29, 0.717) is 5.56 Å². The van der Waals surface area contributed by atoms with Gasteiger partial charge in [0.25, 0.3) is 0 Å². The molecule has 0 heterocycles. The van der Waals surface area contributed by atoms with Gasteiger partial charge in [-0.2, -0.15) is 5.26 Å².